The van der Waals surface area contributed by atoms with Crippen LogP contribution in [0.15, 0.2) is 48.5 Å². The Bertz CT molecular complexity index is 549. The highest BCUT2D eigenvalue weighted by molar-refractivity contribution is 6.31. The molecule has 0 spiro atoms. The third-order valence-electron chi connectivity index (χ3n) is 2.64. The Balaban J connectivity index is 2.23. The zero-order valence-electron chi connectivity index (χ0n) is 9.44. The summed E-state index contributed by atoms with van der Waals surface area (Å²) in [6.45, 7) is 0. The van der Waals surface area contributed by atoms with Crippen molar-refractivity contribution in [2.45, 2.75) is 6.04 Å². The average molecular weight is 280 g/mol. The lowest BCUT2D eigenvalue weighted by atomic mass is 9.98. The smallest absolute Gasteiger partial charge is 0.184 e. The first-order valence-electron chi connectivity index (χ1n) is 5.39. The molecular formula is C14H11Cl2NO. The Labute approximate surface area is 115 Å². The van der Waals surface area contributed by atoms with Crippen LogP contribution in [0.4, 0.5) is 0 Å². The molecule has 0 saturated carbocycles. The summed E-state index contributed by atoms with van der Waals surface area (Å²) in [6.07, 6.45) is 0. The van der Waals surface area contributed by atoms with Crippen molar-refractivity contribution >= 4 is 29.0 Å². The van der Waals surface area contributed by atoms with Crippen LogP contribution in [-0.2, 0) is 0 Å². The van der Waals surface area contributed by atoms with E-state index in [4.69, 9.17) is 28.9 Å². The maximum atomic E-state index is 12.1. The minimum Gasteiger partial charge on any atom is -0.318 e. The van der Waals surface area contributed by atoms with Crippen LogP contribution < -0.4 is 5.73 Å². The van der Waals surface area contributed by atoms with E-state index in [1.807, 2.05) is 0 Å². The van der Waals surface area contributed by atoms with Crippen molar-refractivity contribution in [3.63, 3.8) is 0 Å². The lowest BCUT2D eigenvalue weighted by Gasteiger charge is -2.11. The molecule has 0 aliphatic heterocycles. The molecule has 0 unspecified atom stereocenters. The Morgan fingerprint density at radius 1 is 0.889 bits per heavy atom. The number of benzene rings is 2. The molecule has 4 heteroatoms. The maximum Gasteiger partial charge on any atom is 0.184 e. The summed E-state index contributed by atoms with van der Waals surface area (Å²) in [4.78, 5) is 12.1. The summed E-state index contributed by atoms with van der Waals surface area (Å²) < 4.78 is 0. The molecule has 0 aliphatic carbocycles. The highest BCUT2D eigenvalue weighted by atomic mass is 35.5. The first-order valence-corrected chi connectivity index (χ1v) is 6.14. The average Bonchev–Trinajstić information content (AvgIpc) is 2.39. The van der Waals surface area contributed by atoms with E-state index < -0.39 is 6.04 Å². The summed E-state index contributed by atoms with van der Waals surface area (Å²) >= 11 is 11.6. The van der Waals surface area contributed by atoms with E-state index >= 15 is 0 Å². The van der Waals surface area contributed by atoms with Gasteiger partial charge in [-0.3, -0.25) is 4.79 Å². The van der Waals surface area contributed by atoms with E-state index in [-0.39, 0.29) is 5.78 Å². The summed E-state index contributed by atoms with van der Waals surface area (Å²) in [5.41, 5.74) is 7.21. The predicted octanol–water partition coefficient (Wildman–Crippen LogP) is 3.88. The van der Waals surface area contributed by atoms with Crippen molar-refractivity contribution in [3.8, 4) is 0 Å². The van der Waals surface area contributed by atoms with Gasteiger partial charge in [0.25, 0.3) is 0 Å². The highest BCUT2D eigenvalue weighted by Gasteiger charge is 2.17. The lowest BCUT2D eigenvalue weighted by molar-refractivity contribution is 0.0961. The van der Waals surface area contributed by atoms with Crippen molar-refractivity contribution in [2.24, 2.45) is 5.73 Å². The number of carbonyl (C=O) groups is 1. The molecule has 2 nitrogen and oxygen atoms in total. The van der Waals surface area contributed by atoms with Gasteiger partial charge < -0.3 is 5.73 Å². The van der Waals surface area contributed by atoms with Crippen LogP contribution in [0.2, 0.25) is 10.0 Å². The molecule has 0 aromatic heterocycles. The monoisotopic (exact) mass is 279 g/mol. The van der Waals surface area contributed by atoms with Gasteiger partial charge in [-0.05, 0) is 42.0 Å². The van der Waals surface area contributed by atoms with E-state index in [2.05, 4.69) is 0 Å². The molecule has 0 heterocycles. The van der Waals surface area contributed by atoms with Gasteiger partial charge in [0.1, 0.15) is 0 Å². The molecule has 18 heavy (non-hydrogen) atoms. The molecule has 0 radical (unpaired) electrons. The first kappa shape index (κ1) is 13.1. The van der Waals surface area contributed by atoms with Gasteiger partial charge in [0.2, 0.25) is 0 Å². The summed E-state index contributed by atoms with van der Waals surface area (Å²) in [7, 11) is 0. The van der Waals surface area contributed by atoms with Gasteiger partial charge in [-0.1, -0.05) is 35.3 Å². The van der Waals surface area contributed by atoms with Gasteiger partial charge in [-0.25, -0.2) is 0 Å². The third kappa shape index (κ3) is 2.91. The SMILES string of the molecule is N[C@@H](C(=O)c1ccc(Cl)cc1)c1ccc(Cl)cc1. The fraction of sp³-hybridized carbons (Fsp3) is 0.0714. The van der Waals surface area contributed by atoms with Gasteiger partial charge in [0.15, 0.2) is 5.78 Å². The Morgan fingerprint density at radius 2 is 1.33 bits per heavy atom. The van der Waals surface area contributed by atoms with Crippen LogP contribution in [0.3, 0.4) is 0 Å². The molecule has 92 valence electrons. The lowest BCUT2D eigenvalue weighted by Crippen LogP contribution is -2.21. The van der Waals surface area contributed by atoms with Crippen molar-refractivity contribution in [1.29, 1.82) is 0 Å². The number of hydrogen-bond donors (Lipinski definition) is 1. The van der Waals surface area contributed by atoms with E-state index in [0.717, 1.165) is 5.56 Å². The normalized spacial score (nSPS) is 12.2. The number of Topliss-reactive ketones (excluding diaryl/α,β-unsaturated/α-hetero) is 1. The van der Waals surface area contributed by atoms with Crippen LogP contribution >= 0.6 is 23.2 Å². The second-order valence-corrected chi connectivity index (χ2v) is 4.77. The molecule has 0 fully saturated rings. The molecule has 1 atom stereocenters. The van der Waals surface area contributed by atoms with Crippen molar-refractivity contribution in [1.82, 2.24) is 0 Å². The fourth-order valence-electron chi connectivity index (χ4n) is 1.62. The molecule has 0 aliphatic rings. The minimum atomic E-state index is -0.691. The maximum absolute atomic E-state index is 12.1. The van der Waals surface area contributed by atoms with Crippen LogP contribution in [0.25, 0.3) is 0 Å². The van der Waals surface area contributed by atoms with E-state index in [1.165, 1.54) is 0 Å². The van der Waals surface area contributed by atoms with Gasteiger partial charge >= 0.3 is 0 Å². The Hall–Kier alpha value is -1.35. The van der Waals surface area contributed by atoms with Crippen LogP contribution in [-0.4, -0.2) is 5.78 Å². The molecule has 0 amide bonds. The van der Waals surface area contributed by atoms with Gasteiger partial charge in [-0.2, -0.15) is 0 Å². The van der Waals surface area contributed by atoms with Crippen LogP contribution in [0.5, 0.6) is 0 Å². The molecular weight excluding hydrogens is 269 g/mol. The van der Waals surface area contributed by atoms with Gasteiger partial charge in [0.05, 0.1) is 6.04 Å². The van der Waals surface area contributed by atoms with Gasteiger partial charge in [-0.15, -0.1) is 0 Å². The van der Waals surface area contributed by atoms with Crippen molar-refractivity contribution < 1.29 is 4.79 Å². The number of halogens is 2. The fourth-order valence-corrected chi connectivity index (χ4v) is 1.87. The second-order valence-electron chi connectivity index (χ2n) is 3.90. The number of rotatable bonds is 3. The third-order valence-corrected chi connectivity index (χ3v) is 3.14. The topological polar surface area (TPSA) is 43.1 Å². The zero-order chi connectivity index (χ0) is 13.1. The summed E-state index contributed by atoms with van der Waals surface area (Å²) in [5, 5.41) is 1.21. The quantitative estimate of drug-likeness (QED) is 0.867. The molecule has 0 bridgehead atoms. The second kappa shape index (κ2) is 5.53. The standard InChI is InChI=1S/C14H11Cl2NO/c15-11-5-1-9(2-6-11)13(17)14(18)10-3-7-12(16)8-4-10/h1-8,13H,17H2/t13-/m1/s1. The number of ketones is 1. The largest absolute Gasteiger partial charge is 0.318 e. The molecule has 2 aromatic rings. The number of carbonyl (C=O) groups excluding carboxylic acids is 1. The minimum absolute atomic E-state index is 0.144. The zero-order valence-corrected chi connectivity index (χ0v) is 10.9. The molecule has 2 aromatic carbocycles. The Kier molecular flexibility index (Phi) is 4.02. The van der Waals surface area contributed by atoms with Crippen molar-refractivity contribution in [3.05, 3.63) is 69.7 Å². The van der Waals surface area contributed by atoms with Crippen molar-refractivity contribution in [2.75, 3.05) is 0 Å². The van der Waals surface area contributed by atoms with E-state index in [9.17, 15) is 4.79 Å². The van der Waals surface area contributed by atoms with Crippen LogP contribution in [0, 0.1) is 0 Å². The van der Waals surface area contributed by atoms with E-state index in [1.54, 1.807) is 48.5 Å². The van der Waals surface area contributed by atoms with Gasteiger partial charge in [0, 0.05) is 15.6 Å². The first-order chi connectivity index (χ1) is 8.58. The Morgan fingerprint density at radius 3 is 1.83 bits per heavy atom. The summed E-state index contributed by atoms with van der Waals surface area (Å²) in [6, 6.07) is 12.9. The predicted molar refractivity (Wildman–Crippen MR) is 74.2 cm³/mol. The molecule has 0 saturated heterocycles. The van der Waals surface area contributed by atoms with E-state index in [0.29, 0.717) is 15.6 Å². The van der Waals surface area contributed by atoms with Crippen LogP contribution in [0.1, 0.15) is 22.0 Å². The highest BCUT2D eigenvalue weighted by Crippen LogP contribution is 2.19. The number of nitrogens with two attached hydrogens (primary N) is 1. The summed E-state index contributed by atoms with van der Waals surface area (Å²) in [5.74, 6) is -0.144. The molecule has 2 N–H and O–H groups in total. The number of hydrogen-bond acceptors (Lipinski definition) is 2. The molecule has 2 rings (SSSR count).